The Morgan fingerprint density at radius 3 is 2.17 bits per heavy atom. The SMILES string of the molecule is COCCC(C)C(C)CC(C)O. The third-order valence-corrected chi connectivity index (χ3v) is 2.46. The molecule has 0 aromatic carbocycles. The normalized spacial score (nSPS) is 18.8. The average Bonchev–Trinajstić information content (AvgIpc) is 1.98. The second kappa shape index (κ2) is 6.44. The molecule has 74 valence electrons. The minimum Gasteiger partial charge on any atom is -0.393 e. The van der Waals surface area contributed by atoms with E-state index >= 15 is 0 Å². The first-order valence-electron chi connectivity index (χ1n) is 4.75. The molecule has 12 heavy (non-hydrogen) atoms. The first-order valence-corrected chi connectivity index (χ1v) is 4.75. The molecule has 0 aliphatic carbocycles. The van der Waals surface area contributed by atoms with Crippen molar-refractivity contribution in [2.45, 2.75) is 39.7 Å². The zero-order chi connectivity index (χ0) is 9.56. The fourth-order valence-electron chi connectivity index (χ4n) is 1.36. The molecule has 0 spiro atoms. The number of aliphatic hydroxyl groups is 1. The maximum absolute atomic E-state index is 9.17. The smallest absolute Gasteiger partial charge is 0.0514 e. The van der Waals surface area contributed by atoms with Crippen molar-refractivity contribution in [3.8, 4) is 0 Å². The molecule has 2 heteroatoms. The minimum absolute atomic E-state index is 0.176. The molecule has 0 radical (unpaired) electrons. The highest BCUT2D eigenvalue weighted by Crippen LogP contribution is 2.19. The van der Waals surface area contributed by atoms with E-state index in [2.05, 4.69) is 13.8 Å². The van der Waals surface area contributed by atoms with Gasteiger partial charge >= 0.3 is 0 Å². The van der Waals surface area contributed by atoms with Gasteiger partial charge in [0.2, 0.25) is 0 Å². The van der Waals surface area contributed by atoms with Gasteiger partial charge in [-0.25, -0.2) is 0 Å². The summed E-state index contributed by atoms with van der Waals surface area (Å²) >= 11 is 0. The quantitative estimate of drug-likeness (QED) is 0.668. The van der Waals surface area contributed by atoms with Gasteiger partial charge < -0.3 is 9.84 Å². The molecule has 0 saturated heterocycles. The molecular weight excluding hydrogens is 152 g/mol. The standard InChI is InChI=1S/C10H22O2/c1-8(5-6-12-4)9(2)7-10(3)11/h8-11H,5-7H2,1-4H3. The Kier molecular flexibility index (Phi) is 6.39. The van der Waals surface area contributed by atoms with Gasteiger partial charge in [-0.3, -0.25) is 0 Å². The van der Waals surface area contributed by atoms with Crippen molar-refractivity contribution in [1.29, 1.82) is 0 Å². The molecule has 3 atom stereocenters. The highest BCUT2D eigenvalue weighted by atomic mass is 16.5. The topological polar surface area (TPSA) is 29.5 Å². The van der Waals surface area contributed by atoms with E-state index in [9.17, 15) is 0 Å². The van der Waals surface area contributed by atoms with Crippen molar-refractivity contribution in [2.24, 2.45) is 11.8 Å². The van der Waals surface area contributed by atoms with E-state index in [0.717, 1.165) is 19.4 Å². The van der Waals surface area contributed by atoms with E-state index in [1.54, 1.807) is 7.11 Å². The number of ether oxygens (including phenoxy) is 1. The molecule has 0 fully saturated rings. The van der Waals surface area contributed by atoms with Crippen molar-refractivity contribution in [3.05, 3.63) is 0 Å². The lowest BCUT2D eigenvalue weighted by molar-refractivity contribution is 0.128. The minimum atomic E-state index is -0.176. The van der Waals surface area contributed by atoms with E-state index in [4.69, 9.17) is 9.84 Å². The van der Waals surface area contributed by atoms with Crippen molar-refractivity contribution >= 4 is 0 Å². The largest absolute Gasteiger partial charge is 0.393 e. The van der Waals surface area contributed by atoms with Crippen LogP contribution >= 0.6 is 0 Å². The highest BCUT2D eigenvalue weighted by Gasteiger charge is 2.13. The molecule has 3 unspecified atom stereocenters. The van der Waals surface area contributed by atoms with Crippen molar-refractivity contribution < 1.29 is 9.84 Å². The summed E-state index contributed by atoms with van der Waals surface area (Å²) in [6, 6.07) is 0. The van der Waals surface area contributed by atoms with Gasteiger partial charge in [-0.05, 0) is 31.6 Å². The van der Waals surface area contributed by atoms with Gasteiger partial charge in [0.05, 0.1) is 6.10 Å². The van der Waals surface area contributed by atoms with Gasteiger partial charge in [0.1, 0.15) is 0 Å². The summed E-state index contributed by atoms with van der Waals surface area (Å²) in [5.41, 5.74) is 0. The maximum atomic E-state index is 9.17. The summed E-state index contributed by atoms with van der Waals surface area (Å²) in [4.78, 5) is 0. The van der Waals surface area contributed by atoms with Crippen LogP contribution in [0.1, 0.15) is 33.6 Å². The molecule has 1 N–H and O–H groups in total. The van der Waals surface area contributed by atoms with Crippen LogP contribution in [-0.4, -0.2) is 24.9 Å². The molecule has 0 aromatic rings. The van der Waals surface area contributed by atoms with Crippen molar-refractivity contribution in [3.63, 3.8) is 0 Å². The van der Waals surface area contributed by atoms with E-state index in [1.807, 2.05) is 6.92 Å². The van der Waals surface area contributed by atoms with Gasteiger partial charge in [0.15, 0.2) is 0 Å². The van der Waals surface area contributed by atoms with Crippen LogP contribution in [0.15, 0.2) is 0 Å². The summed E-state index contributed by atoms with van der Waals surface area (Å²) in [5.74, 6) is 1.22. The predicted molar refractivity (Wildman–Crippen MR) is 51.1 cm³/mol. The van der Waals surface area contributed by atoms with Gasteiger partial charge in [0.25, 0.3) is 0 Å². The molecule has 0 heterocycles. The second-order valence-electron chi connectivity index (χ2n) is 3.82. The van der Waals surface area contributed by atoms with Crippen LogP contribution in [0.3, 0.4) is 0 Å². The molecule has 0 aromatic heterocycles. The Bertz CT molecular complexity index is 102. The third-order valence-electron chi connectivity index (χ3n) is 2.46. The number of aliphatic hydroxyl groups excluding tert-OH is 1. The molecule has 0 bridgehead atoms. The van der Waals surface area contributed by atoms with E-state index < -0.39 is 0 Å². The molecule has 0 aliphatic rings. The monoisotopic (exact) mass is 174 g/mol. The maximum Gasteiger partial charge on any atom is 0.0514 e. The summed E-state index contributed by atoms with van der Waals surface area (Å²) < 4.78 is 5.01. The number of methoxy groups -OCH3 is 1. The summed E-state index contributed by atoms with van der Waals surface area (Å²) in [6.45, 7) is 7.07. The third kappa shape index (κ3) is 5.56. The molecule has 0 aliphatic heterocycles. The number of rotatable bonds is 6. The Morgan fingerprint density at radius 2 is 1.75 bits per heavy atom. The van der Waals surface area contributed by atoms with Gasteiger partial charge in [-0.2, -0.15) is 0 Å². The molecule has 0 amide bonds. The van der Waals surface area contributed by atoms with Crippen LogP contribution in [0, 0.1) is 11.8 Å². The van der Waals surface area contributed by atoms with E-state index in [-0.39, 0.29) is 6.10 Å². The van der Waals surface area contributed by atoms with E-state index in [1.165, 1.54) is 0 Å². The summed E-state index contributed by atoms with van der Waals surface area (Å²) in [7, 11) is 1.73. The van der Waals surface area contributed by atoms with Crippen LogP contribution in [0.5, 0.6) is 0 Å². The van der Waals surface area contributed by atoms with Crippen LogP contribution in [0.2, 0.25) is 0 Å². The Labute approximate surface area is 75.9 Å². The fraction of sp³-hybridized carbons (Fsp3) is 1.00. The lowest BCUT2D eigenvalue weighted by Gasteiger charge is -2.20. The molecule has 0 saturated carbocycles. The summed E-state index contributed by atoms with van der Waals surface area (Å²) in [6.07, 6.45) is 1.81. The van der Waals surface area contributed by atoms with Gasteiger partial charge in [-0.15, -0.1) is 0 Å². The molecular formula is C10H22O2. The van der Waals surface area contributed by atoms with E-state index in [0.29, 0.717) is 11.8 Å². The van der Waals surface area contributed by atoms with Crippen molar-refractivity contribution in [1.82, 2.24) is 0 Å². The van der Waals surface area contributed by atoms with Crippen LogP contribution in [0.4, 0.5) is 0 Å². The fourth-order valence-corrected chi connectivity index (χ4v) is 1.36. The van der Waals surface area contributed by atoms with Crippen molar-refractivity contribution in [2.75, 3.05) is 13.7 Å². The first kappa shape index (κ1) is 11.9. The van der Waals surface area contributed by atoms with Gasteiger partial charge in [0, 0.05) is 13.7 Å². The number of hydrogen-bond donors (Lipinski definition) is 1. The highest BCUT2D eigenvalue weighted by molar-refractivity contribution is 4.64. The average molecular weight is 174 g/mol. The summed E-state index contributed by atoms with van der Waals surface area (Å²) in [5, 5.41) is 9.17. The Balaban J connectivity index is 3.53. The second-order valence-corrected chi connectivity index (χ2v) is 3.82. The first-order chi connectivity index (χ1) is 5.57. The lowest BCUT2D eigenvalue weighted by atomic mass is 9.89. The zero-order valence-corrected chi connectivity index (χ0v) is 8.71. The lowest BCUT2D eigenvalue weighted by Crippen LogP contribution is -2.15. The zero-order valence-electron chi connectivity index (χ0n) is 8.71. The predicted octanol–water partition coefficient (Wildman–Crippen LogP) is 2.07. The Hall–Kier alpha value is -0.0800. The van der Waals surface area contributed by atoms with Gasteiger partial charge in [-0.1, -0.05) is 13.8 Å². The molecule has 2 nitrogen and oxygen atoms in total. The van der Waals surface area contributed by atoms with Crippen LogP contribution in [0.25, 0.3) is 0 Å². The van der Waals surface area contributed by atoms with Crippen LogP contribution < -0.4 is 0 Å². The number of hydrogen-bond acceptors (Lipinski definition) is 2. The molecule has 0 rings (SSSR count). The Morgan fingerprint density at radius 1 is 1.17 bits per heavy atom. The van der Waals surface area contributed by atoms with Crippen LogP contribution in [-0.2, 0) is 4.74 Å².